The SMILES string of the molecule is CCCCN(C)C(=O)c1ccc(NCCc2ccc(Cl)cc2)nn1. The van der Waals surface area contributed by atoms with Crippen molar-refractivity contribution in [1.29, 1.82) is 0 Å². The van der Waals surface area contributed by atoms with Crippen LogP contribution in [0, 0.1) is 0 Å². The summed E-state index contributed by atoms with van der Waals surface area (Å²) in [5.41, 5.74) is 1.57. The van der Waals surface area contributed by atoms with E-state index in [4.69, 9.17) is 11.6 Å². The molecule has 0 fully saturated rings. The van der Waals surface area contributed by atoms with Gasteiger partial charge >= 0.3 is 0 Å². The first-order valence-electron chi connectivity index (χ1n) is 8.17. The highest BCUT2D eigenvalue weighted by Gasteiger charge is 2.13. The lowest BCUT2D eigenvalue weighted by Gasteiger charge is -2.15. The normalized spacial score (nSPS) is 10.5. The minimum atomic E-state index is -0.0938. The van der Waals surface area contributed by atoms with Crippen LogP contribution in [0.25, 0.3) is 0 Å². The Kier molecular flexibility index (Phi) is 7.00. The van der Waals surface area contributed by atoms with Crippen LogP contribution in [0.3, 0.4) is 0 Å². The van der Waals surface area contributed by atoms with E-state index < -0.39 is 0 Å². The van der Waals surface area contributed by atoms with Crippen molar-refractivity contribution >= 4 is 23.3 Å². The smallest absolute Gasteiger partial charge is 0.274 e. The summed E-state index contributed by atoms with van der Waals surface area (Å²) < 4.78 is 0. The second-order valence-corrected chi connectivity index (χ2v) is 6.12. The van der Waals surface area contributed by atoms with Gasteiger partial charge < -0.3 is 10.2 Å². The molecule has 5 nitrogen and oxygen atoms in total. The molecule has 128 valence electrons. The molecule has 0 spiro atoms. The van der Waals surface area contributed by atoms with Crippen LogP contribution in [0.5, 0.6) is 0 Å². The fraction of sp³-hybridized carbons (Fsp3) is 0.389. The number of unbranched alkanes of at least 4 members (excludes halogenated alkanes) is 1. The quantitative estimate of drug-likeness (QED) is 0.792. The Labute approximate surface area is 148 Å². The molecule has 0 atom stereocenters. The van der Waals surface area contributed by atoms with E-state index in [1.54, 1.807) is 24.1 Å². The minimum Gasteiger partial charge on any atom is -0.368 e. The van der Waals surface area contributed by atoms with Gasteiger partial charge in [-0.3, -0.25) is 4.79 Å². The molecule has 24 heavy (non-hydrogen) atoms. The van der Waals surface area contributed by atoms with Crippen molar-refractivity contribution in [2.24, 2.45) is 0 Å². The first kappa shape index (κ1) is 18.2. The maximum absolute atomic E-state index is 12.2. The molecule has 1 amide bonds. The van der Waals surface area contributed by atoms with Gasteiger partial charge in [-0.05, 0) is 42.7 Å². The molecule has 0 saturated carbocycles. The van der Waals surface area contributed by atoms with Crippen molar-refractivity contribution in [2.75, 3.05) is 25.5 Å². The Bertz CT molecular complexity index is 643. The van der Waals surface area contributed by atoms with Crippen molar-refractivity contribution in [3.63, 3.8) is 0 Å². The summed E-state index contributed by atoms with van der Waals surface area (Å²) in [6, 6.07) is 11.3. The van der Waals surface area contributed by atoms with Crippen LogP contribution in [0.4, 0.5) is 5.82 Å². The second-order valence-electron chi connectivity index (χ2n) is 5.69. The van der Waals surface area contributed by atoms with Gasteiger partial charge in [0.1, 0.15) is 5.82 Å². The van der Waals surface area contributed by atoms with Crippen LogP contribution < -0.4 is 5.32 Å². The molecule has 6 heteroatoms. The minimum absolute atomic E-state index is 0.0938. The van der Waals surface area contributed by atoms with Gasteiger partial charge in [-0.2, -0.15) is 0 Å². The highest BCUT2D eigenvalue weighted by molar-refractivity contribution is 6.30. The Morgan fingerprint density at radius 3 is 2.54 bits per heavy atom. The molecule has 1 aromatic heterocycles. The van der Waals surface area contributed by atoms with Gasteiger partial charge in [0.05, 0.1) is 0 Å². The van der Waals surface area contributed by atoms with Gasteiger partial charge in [-0.1, -0.05) is 37.1 Å². The number of nitrogens with zero attached hydrogens (tertiary/aromatic N) is 3. The Morgan fingerprint density at radius 1 is 1.17 bits per heavy atom. The molecule has 0 aliphatic heterocycles. The van der Waals surface area contributed by atoms with Gasteiger partial charge in [-0.25, -0.2) is 0 Å². The van der Waals surface area contributed by atoms with Crippen molar-refractivity contribution in [3.05, 3.63) is 52.7 Å². The maximum atomic E-state index is 12.2. The van der Waals surface area contributed by atoms with E-state index in [9.17, 15) is 4.79 Å². The van der Waals surface area contributed by atoms with Crippen LogP contribution in [0.2, 0.25) is 5.02 Å². The largest absolute Gasteiger partial charge is 0.368 e. The zero-order valence-electron chi connectivity index (χ0n) is 14.1. The highest BCUT2D eigenvalue weighted by Crippen LogP contribution is 2.10. The number of amides is 1. The predicted octanol–water partition coefficient (Wildman–Crippen LogP) is 3.66. The summed E-state index contributed by atoms with van der Waals surface area (Å²) in [7, 11) is 1.79. The van der Waals surface area contributed by atoms with E-state index in [-0.39, 0.29) is 5.91 Å². The van der Waals surface area contributed by atoms with Gasteiger partial charge in [-0.15, -0.1) is 10.2 Å². The van der Waals surface area contributed by atoms with Crippen LogP contribution >= 0.6 is 11.6 Å². The fourth-order valence-corrected chi connectivity index (χ4v) is 2.34. The molecule has 0 unspecified atom stereocenters. The average molecular weight is 347 g/mol. The van der Waals surface area contributed by atoms with E-state index >= 15 is 0 Å². The monoisotopic (exact) mass is 346 g/mol. The first-order valence-corrected chi connectivity index (χ1v) is 8.55. The molecule has 1 N–H and O–H groups in total. The van der Waals surface area contributed by atoms with E-state index in [1.165, 1.54) is 5.56 Å². The number of carbonyl (C=O) groups excluding carboxylic acids is 1. The third-order valence-corrected chi connectivity index (χ3v) is 3.96. The summed E-state index contributed by atoms with van der Waals surface area (Å²) in [5, 5.41) is 12.0. The van der Waals surface area contributed by atoms with Crippen molar-refractivity contribution in [1.82, 2.24) is 15.1 Å². The molecule has 0 aliphatic rings. The number of carbonyl (C=O) groups is 1. The summed E-state index contributed by atoms with van der Waals surface area (Å²) in [4.78, 5) is 13.9. The molecule has 0 bridgehead atoms. The molecular formula is C18H23ClN4O. The molecular weight excluding hydrogens is 324 g/mol. The van der Waals surface area contributed by atoms with Gasteiger partial charge in [0.2, 0.25) is 0 Å². The fourth-order valence-electron chi connectivity index (χ4n) is 2.22. The Morgan fingerprint density at radius 2 is 1.92 bits per heavy atom. The topological polar surface area (TPSA) is 58.1 Å². The molecule has 1 aromatic carbocycles. The first-order chi connectivity index (χ1) is 11.6. The Hall–Kier alpha value is -2.14. The highest BCUT2D eigenvalue weighted by atomic mass is 35.5. The standard InChI is InChI=1S/C18H23ClN4O/c1-3-4-13-23(2)18(24)16-9-10-17(22-21-16)20-12-11-14-5-7-15(19)8-6-14/h5-10H,3-4,11-13H2,1-2H3,(H,20,22). The van der Waals surface area contributed by atoms with Gasteiger partial charge in [0.15, 0.2) is 5.69 Å². The summed E-state index contributed by atoms with van der Waals surface area (Å²) in [6.07, 6.45) is 2.90. The third-order valence-electron chi connectivity index (χ3n) is 3.71. The number of benzene rings is 1. The van der Waals surface area contributed by atoms with E-state index in [2.05, 4.69) is 22.4 Å². The van der Waals surface area contributed by atoms with Crippen molar-refractivity contribution in [2.45, 2.75) is 26.2 Å². The van der Waals surface area contributed by atoms with Crippen LogP contribution in [-0.4, -0.2) is 41.1 Å². The van der Waals surface area contributed by atoms with Crippen LogP contribution in [-0.2, 0) is 6.42 Å². The average Bonchev–Trinajstić information content (AvgIpc) is 2.61. The van der Waals surface area contributed by atoms with Crippen LogP contribution in [0.1, 0.15) is 35.8 Å². The summed E-state index contributed by atoms with van der Waals surface area (Å²) in [5.74, 6) is 0.570. The molecule has 2 rings (SSSR count). The van der Waals surface area contributed by atoms with E-state index in [0.29, 0.717) is 11.5 Å². The Balaban J connectivity index is 1.83. The molecule has 1 heterocycles. The predicted molar refractivity (Wildman–Crippen MR) is 97.5 cm³/mol. The third kappa shape index (κ3) is 5.49. The zero-order chi connectivity index (χ0) is 17.4. The zero-order valence-corrected chi connectivity index (χ0v) is 14.9. The van der Waals surface area contributed by atoms with E-state index in [1.807, 2.05) is 24.3 Å². The van der Waals surface area contributed by atoms with Gasteiger partial charge in [0.25, 0.3) is 5.91 Å². The maximum Gasteiger partial charge on any atom is 0.274 e. The number of halogens is 1. The van der Waals surface area contributed by atoms with Gasteiger partial charge in [0, 0.05) is 25.2 Å². The number of nitrogens with one attached hydrogen (secondary N) is 1. The molecule has 0 radical (unpaired) electrons. The van der Waals surface area contributed by atoms with Crippen molar-refractivity contribution < 1.29 is 4.79 Å². The molecule has 0 saturated heterocycles. The molecule has 0 aliphatic carbocycles. The van der Waals surface area contributed by atoms with Crippen LogP contribution in [0.15, 0.2) is 36.4 Å². The lowest BCUT2D eigenvalue weighted by Crippen LogP contribution is -2.28. The number of hydrogen-bond acceptors (Lipinski definition) is 4. The summed E-state index contributed by atoms with van der Waals surface area (Å²) in [6.45, 7) is 3.57. The number of anilines is 1. The second kappa shape index (κ2) is 9.23. The lowest BCUT2D eigenvalue weighted by molar-refractivity contribution is 0.0786. The number of hydrogen-bond donors (Lipinski definition) is 1. The summed E-state index contributed by atoms with van der Waals surface area (Å²) >= 11 is 5.87. The number of rotatable bonds is 8. The van der Waals surface area contributed by atoms with E-state index in [0.717, 1.165) is 37.4 Å². The van der Waals surface area contributed by atoms with Crippen molar-refractivity contribution in [3.8, 4) is 0 Å². The molecule has 2 aromatic rings. The number of aromatic nitrogens is 2. The lowest BCUT2D eigenvalue weighted by atomic mass is 10.1.